The average Bonchev–Trinajstić information content (AvgIpc) is 2.60. The number of alkyl halides is 3. The van der Waals surface area contributed by atoms with Crippen LogP contribution < -0.4 is 15.8 Å². The Morgan fingerprint density at radius 2 is 1.59 bits per heavy atom. The second-order valence-electron chi connectivity index (χ2n) is 5.77. The van der Waals surface area contributed by atoms with Gasteiger partial charge in [0.15, 0.2) is 0 Å². The molecule has 0 saturated heterocycles. The molecule has 27 heavy (non-hydrogen) atoms. The van der Waals surface area contributed by atoms with Gasteiger partial charge >= 0.3 is 12.4 Å². The lowest BCUT2D eigenvalue weighted by Gasteiger charge is -2.18. The van der Waals surface area contributed by atoms with Crippen molar-refractivity contribution in [3.8, 4) is 5.75 Å². The van der Waals surface area contributed by atoms with Crippen LogP contribution >= 0.6 is 0 Å². The SMILES string of the molecule is CN(Cc1ccc(OC(F)(F)F)cc1)C(=O)c1ccc(CNC(N)=O)cc1. The quantitative estimate of drug-likeness (QED) is 0.807. The molecule has 2 aromatic rings. The fraction of sp³-hybridized carbons (Fsp3) is 0.222. The third-order valence-electron chi connectivity index (χ3n) is 3.59. The zero-order valence-corrected chi connectivity index (χ0v) is 14.4. The minimum Gasteiger partial charge on any atom is -0.406 e. The molecular weight excluding hydrogens is 363 g/mol. The van der Waals surface area contributed by atoms with Crippen molar-refractivity contribution in [2.24, 2.45) is 5.73 Å². The molecule has 0 unspecified atom stereocenters. The zero-order valence-electron chi connectivity index (χ0n) is 14.4. The van der Waals surface area contributed by atoms with Crippen molar-refractivity contribution in [3.05, 3.63) is 65.2 Å². The van der Waals surface area contributed by atoms with E-state index in [4.69, 9.17) is 5.73 Å². The normalized spacial score (nSPS) is 11.0. The number of nitrogens with two attached hydrogens (primary N) is 1. The van der Waals surface area contributed by atoms with Gasteiger partial charge in [0.1, 0.15) is 5.75 Å². The topological polar surface area (TPSA) is 84.7 Å². The summed E-state index contributed by atoms with van der Waals surface area (Å²) in [5.41, 5.74) is 6.88. The van der Waals surface area contributed by atoms with Crippen LogP contribution in [0.1, 0.15) is 21.5 Å². The van der Waals surface area contributed by atoms with Gasteiger partial charge in [-0.15, -0.1) is 13.2 Å². The molecule has 0 atom stereocenters. The second kappa shape index (κ2) is 8.43. The Balaban J connectivity index is 1.95. The van der Waals surface area contributed by atoms with Gasteiger partial charge < -0.3 is 20.7 Å². The highest BCUT2D eigenvalue weighted by Gasteiger charge is 2.30. The molecule has 0 spiro atoms. The summed E-state index contributed by atoms with van der Waals surface area (Å²) in [6.45, 7) is 0.474. The number of amides is 3. The van der Waals surface area contributed by atoms with Crippen LogP contribution in [-0.2, 0) is 13.1 Å². The number of urea groups is 1. The van der Waals surface area contributed by atoms with Gasteiger partial charge in [0.25, 0.3) is 5.91 Å². The molecular formula is C18H18F3N3O3. The molecule has 0 bridgehead atoms. The van der Waals surface area contributed by atoms with Gasteiger partial charge in [0.2, 0.25) is 0 Å². The molecule has 2 rings (SSSR count). The van der Waals surface area contributed by atoms with Gasteiger partial charge in [-0.2, -0.15) is 0 Å². The number of halogens is 3. The molecule has 0 saturated carbocycles. The summed E-state index contributed by atoms with van der Waals surface area (Å²) in [7, 11) is 1.59. The molecule has 0 aliphatic heterocycles. The fourth-order valence-electron chi connectivity index (χ4n) is 2.32. The van der Waals surface area contributed by atoms with Crippen LogP contribution in [0.4, 0.5) is 18.0 Å². The largest absolute Gasteiger partial charge is 0.573 e. The Hall–Kier alpha value is -3.23. The van der Waals surface area contributed by atoms with Crippen LogP contribution in [0, 0.1) is 0 Å². The number of nitrogens with zero attached hydrogens (tertiary/aromatic N) is 1. The van der Waals surface area contributed by atoms with E-state index >= 15 is 0 Å². The highest BCUT2D eigenvalue weighted by molar-refractivity contribution is 5.94. The molecule has 6 nitrogen and oxygen atoms in total. The van der Waals surface area contributed by atoms with Crippen LogP contribution in [-0.4, -0.2) is 30.2 Å². The maximum absolute atomic E-state index is 12.4. The maximum atomic E-state index is 12.4. The van der Waals surface area contributed by atoms with Gasteiger partial charge in [0.05, 0.1) is 0 Å². The van der Waals surface area contributed by atoms with Crippen molar-refractivity contribution in [2.45, 2.75) is 19.5 Å². The molecule has 144 valence electrons. The van der Waals surface area contributed by atoms with Crippen LogP contribution in [0.5, 0.6) is 5.75 Å². The Bertz CT molecular complexity index is 790. The molecule has 0 aliphatic carbocycles. The van der Waals surface area contributed by atoms with Crippen molar-refractivity contribution in [1.82, 2.24) is 10.2 Å². The van der Waals surface area contributed by atoms with E-state index in [1.807, 2.05) is 0 Å². The number of hydrogen-bond donors (Lipinski definition) is 2. The lowest BCUT2D eigenvalue weighted by Crippen LogP contribution is -2.28. The van der Waals surface area contributed by atoms with E-state index < -0.39 is 12.4 Å². The molecule has 3 N–H and O–H groups in total. The lowest BCUT2D eigenvalue weighted by atomic mass is 10.1. The maximum Gasteiger partial charge on any atom is 0.573 e. The van der Waals surface area contributed by atoms with Crippen molar-refractivity contribution >= 4 is 11.9 Å². The van der Waals surface area contributed by atoms with E-state index in [0.29, 0.717) is 11.1 Å². The minimum absolute atomic E-state index is 0.218. The predicted molar refractivity (Wildman–Crippen MR) is 91.8 cm³/mol. The molecule has 0 radical (unpaired) electrons. The summed E-state index contributed by atoms with van der Waals surface area (Å²) >= 11 is 0. The number of primary amides is 1. The number of benzene rings is 2. The van der Waals surface area contributed by atoms with E-state index in [2.05, 4.69) is 10.1 Å². The molecule has 0 aliphatic rings. The number of carbonyl (C=O) groups is 2. The average molecular weight is 381 g/mol. The second-order valence-corrected chi connectivity index (χ2v) is 5.77. The highest BCUT2D eigenvalue weighted by atomic mass is 19.4. The summed E-state index contributed by atoms with van der Waals surface area (Å²) in [5, 5.41) is 2.45. The van der Waals surface area contributed by atoms with Gasteiger partial charge in [-0.25, -0.2) is 4.79 Å². The van der Waals surface area contributed by atoms with Gasteiger partial charge in [-0.1, -0.05) is 24.3 Å². The molecule has 2 aromatic carbocycles. The van der Waals surface area contributed by atoms with Gasteiger partial charge in [-0.05, 0) is 35.4 Å². The van der Waals surface area contributed by atoms with Gasteiger partial charge in [-0.3, -0.25) is 4.79 Å². The number of ether oxygens (including phenoxy) is 1. The van der Waals surface area contributed by atoms with Crippen LogP contribution in [0.15, 0.2) is 48.5 Å². The third kappa shape index (κ3) is 6.53. The summed E-state index contributed by atoms with van der Waals surface area (Å²) in [4.78, 5) is 24.6. The molecule has 3 amide bonds. The first-order valence-electron chi connectivity index (χ1n) is 7.86. The van der Waals surface area contributed by atoms with E-state index in [9.17, 15) is 22.8 Å². The summed E-state index contributed by atoms with van der Waals surface area (Å²) < 4.78 is 40.3. The lowest BCUT2D eigenvalue weighted by molar-refractivity contribution is -0.274. The van der Waals surface area contributed by atoms with E-state index in [1.54, 1.807) is 31.3 Å². The number of rotatable bonds is 6. The van der Waals surface area contributed by atoms with E-state index in [0.717, 1.165) is 5.56 Å². The monoisotopic (exact) mass is 381 g/mol. The summed E-state index contributed by atoms with van der Waals surface area (Å²) in [5.74, 6) is -0.569. The van der Waals surface area contributed by atoms with E-state index in [-0.39, 0.29) is 24.7 Å². The first-order valence-corrected chi connectivity index (χ1v) is 7.86. The number of carbonyl (C=O) groups excluding carboxylic acids is 2. The summed E-state index contributed by atoms with van der Waals surface area (Å²) in [6.07, 6.45) is -4.74. The van der Waals surface area contributed by atoms with E-state index in [1.165, 1.54) is 29.2 Å². The first-order chi connectivity index (χ1) is 12.6. The summed E-state index contributed by atoms with van der Waals surface area (Å²) in [6, 6.07) is 11.3. The molecule has 0 fully saturated rings. The van der Waals surface area contributed by atoms with Gasteiger partial charge in [0, 0.05) is 25.7 Å². The zero-order chi connectivity index (χ0) is 20.0. The Morgan fingerprint density at radius 3 is 2.11 bits per heavy atom. The Labute approximate surface area is 153 Å². The van der Waals surface area contributed by atoms with Crippen LogP contribution in [0.2, 0.25) is 0 Å². The van der Waals surface area contributed by atoms with Crippen molar-refractivity contribution < 1.29 is 27.5 Å². The van der Waals surface area contributed by atoms with Crippen molar-refractivity contribution in [3.63, 3.8) is 0 Å². The Morgan fingerprint density at radius 1 is 1.04 bits per heavy atom. The minimum atomic E-state index is -4.74. The number of hydrogen-bond acceptors (Lipinski definition) is 3. The van der Waals surface area contributed by atoms with Crippen molar-refractivity contribution in [1.29, 1.82) is 0 Å². The molecule has 0 heterocycles. The standard InChI is InChI=1S/C18H18F3N3O3/c1-24(11-13-4-8-15(9-5-13)27-18(19,20)21)16(25)14-6-2-12(3-7-14)10-23-17(22)26/h2-9H,10-11H2,1H3,(H3,22,23,26). The van der Waals surface area contributed by atoms with Crippen LogP contribution in [0.3, 0.4) is 0 Å². The third-order valence-corrected chi connectivity index (χ3v) is 3.59. The Kier molecular flexibility index (Phi) is 6.27. The van der Waals surface area contributed by atoms with Crippen LogP contribution in [0.25, 0.3) is 0 Å². The fourth-order valence-corrected chi connectivity index (χ4v) is 2.32. The first kappa shape index (κ1) is 20.1. The highest BCUT2D eigenvalue weighted by Crippen LogP contribution is 2.23. The smallest absolute Gasteiger partial charge is 0.406 e. The predicted octanol–water partition coefficient (Wildman–Crippen LogP) is 3.03. The number of nitrogens with one attached hydrogen (secondary N) is 1. The molecule has 0 aromatic heterocycles. The van der Waals surface area contributed by atoms with Crippen molar-refractivity contribution in [2.75, 3.05) is 7.05 Å². The molecule has 9 heteroatoms.